The van der Waals surface area contributed by atoms with Crippen LogP contribution in [0.5, 0.6) is 0 Å². The van der Waals surface area contributed by atoms with Crippen LogP contribution in [0.1, 0.15) is 37.7 Å². The normalized spacial score (nSPS) is 17.9. The van der Waals surface area contributed by atoms with Gasteiger partial charge >= 0.3 is 0 Å². The number of nitrogens with two attached hydrogens (primary N) is 1. The molecule has 1 atom stereocenters. The van der Waals surface area contributed by atoms with Crippen molar-refractivity contribution in [2.75, 3.05) is 20.2 Å². The molecule has 3 N–H and O–H groups in total. The lowest BCUT2D eigenvalue weighted by atomic mass is 10.1. The van der Waals surface area contributed by atoms with Crippen LogP contribution in [0, 0.1) is 6.92 Å². The SMILES string of the molecule is COC(CN)CC(=O)NCC1(Sc2ccc(C)cc2)CCCC1. The van der Waals surface area contributed by atoms with Gasteiger partial charge in [0.05, 0.1) is 12.5 Å². The first-order chi connectivity index (χ1) is 11.1. The number of thioether (sulfide) groups is 1. The van der Waals surface area contributed by atoms with Crippen molar-refractivity contribution in [1.29, 1.82) is 0 Å². The second kappa shape index (κ2) is 8.71. The van der Waals surface area contributed by atoms with E-state index in [1.54, 1.807) is 7.11 Å². The van der Waals surface area contributed by atoms with E-state index in [0.29, 0.717) is 19.5 Å². The third-order valence-corrected chi connectivity index (χ3v) is 5.98. The Morgan fingerprint density at radius 2 is 2.00 bits per heavy atom. The van der Waals surface area contributed by atoms with Gasteiger partial charge in [0.1, 0.15) is 0 Å². The molecular weight excluding hydrogens is 308 g/mol. The number of benzene rings is 1. The molecule has 4 nitrogen and oxygen atoms in total. The van der Waals surface area contributed by atoms with Crippen molar-refractivity contribution < 1.29 is 9.53 Å². The lowest BCUT2D eigenvalue weighted by Crippen LogP contribution is -2.40. The van der Waals surface area contributed by atoms with Crippen LogP contribution in [0.3, 0.4) is 0 Å². The Morgan fingerprint density at radius 1 is 1.35 bits per heavy atom. The lowest BCUT2D eigenvalue weighted by Gasteiger charge is -2.29. The van der Waals surface area contributed by atoms with E-state index in [0.717, 1.165) is 12.8 Å². The van der Waals surface area contributed by atoms with Gasteiger partial charge in [0, 0.05) is 29.8 Å². The topological polar surface area (TPSA) is 64.3 Å². The minimum absolute atomic E-state index is 0.0260. The number of hydrogen-bond acceptors (Lipinski definition) is 4. The standard InChI is InChI=1S/C18H28N2O2S/c1-14-5-7-16(8-6-14)23-18(9-3-4-10-18)13-20-17(21)11-15(12-19)22-2/h5-8,15H,3-4,9-13,19H2,1-2H3,(H,20,21). The van der Waals surface area contributed by atoms with Gasteiger partial charge in [-0.3, -0.25) is 4.79 Å². The van der Waals surface area contributed by atoms with Crippen molar-refractivity contribution in [2.45, 2.75) is 54.8 Å². The number of carbonyl (C=O) groups excluding carboxylic acids is 1. The molecule has 0 saturated heterocycles. The molecule has 0 aliphatic heterocycles. The monoisotopic (exact) mass is 336 g/mol. The third-order valence-electron chi connectivity index (χ3n) is 4.49. The summed E-state index contributed by atoms with van der Waals surface area (Å²) in [6.45, 7) is 3.18. The minimum Gasteiger partial charge on any atom is -0.380 e. The summed E-state index contributed by atoms with van der Waals surface area (Å²) in [7, 11) is 1.59. The summed E-state index contributed by atoms with van der Waals surface area (Å²) in [6.07, 6.45) is 4.90. The predicted octanol–water partition coefficient (Wildman–Crippen LogP) is 2.88. The first kappa shape index (κ1) is 18.3. The summed E-state index contributed by atoms with van der Waals surface area (Å²) in [4.78, 5) is 13.4. The quantitative estimate of drug-likeness (QED) is 0.766. The summed E-state index contributed by atoms with van der Waals surface area (Å²) >= 11 is 1.91. The molecule has 23 heavy (non-hydrogen) atoms. The average molecular weight is 337 g/mol. The highest BCUT2D eigenvalue weighted by atomic mass is 32.2. The minimum atomic E-state index is -0.195. The number of hydrogen-bond donors (Lipinski definition) is 2. The van der Waals surface area contributed by atoms with E-state index in [-0.39, 0.29) is 16.8 Å². The molecule has 1 amide bonds. The van der Waals surface area contributed by atoms with E-state index in [1.807, 2.05) is 11.8 Å². The van der Waals surface area contributed by atoms with Gasteiger partial charge in [-0.05, 0) is 31.9 Å². The summed E-state index contributed by atoms with van der Waals surface area (Å²) in [5.41, 5.74) is 6.85. The smallest absolute Gasteiger partial charge is 0.222 e. The van der Waals surface area contributed by atoms with E-state index >= 15 is 0 Å². The predicted molar refractivity (Wildman–Crippen MR) is 95.7 cm³/mol. The Hall–Kier alpha value is -1.04. The first-order valence-electron chi connectivity index (χ1n) is 8.32. The first-order valence-corrected chi connectivity index (χ1v) is 9.14. The zero-order valence-corrected chi connectivity index (χ0v) is 15.0. The molecule has 1 aromatic rings. The van der Waals surface area contributed by atoms with Crippen LogP contribution in [-0.4, -0.2) is 37.0 Å². The molecule has 0 radical (unpaired) electrons. The van der Waals surface area contributed by atoms with Crippen molar-refractivity contribution in [3.63, 3.8) is 0 Å². The number of carbonyl (C=O) groups is 1. The Bertz CT molecular complexity index is 494. The van der Waals surface area contributed by atoms with Crippen LogP contribution >= 0.6 is 11.8 Å². The largest absolute Gasteiger partial charge is 0.380 e. The van der Waals surface area contributed by atoms with Gasteiger partial charge < -0.3 is 15.8 Å². The van der Waals surface area contributed by atoms with Crippen molar-refractivity contribution in [3.05, 3.63) is 29.8 Å². The molecule has 1 aliphatic carbocycles. The molecule has 1 unspecified atom stereocenters. The highest BCUT2D eigenvalue weighted by Crippen LogP contribution is 2.44. The summed E-state index contributed by atoms with van der Waals surface area (Å²) in [5, 5.41) is 3.10. The molecule has 0 bridgehead atoms. The molecule has 2 rings (SSSR count). The van der Waals surface area contributed by atoms with Crippen LogP contribution in [0.25, 0.3) is 0 Å². The van der Waals surface area contributed by atoms with Gasteiger partial charge in [-0.15, -0.1) is 11.8 Å². The molecule has 1 aromatic carbocycles. The van der Waals surface area contributed by atoms with Crippen molar-refractivity contribution in [3.8, 4) is 0 Å². The van der Waals surface area contributed by atoms with Gasteiger partial charge in [0.25, 0.3) is 0 Å². The maximum absolute atomic E-state index is 12.1. The third kappa shape index (κ3) is 5.52. The maximum atomic E-state index is 12.1. The van der Waals surface area contributed by atoms with E-state index in [1.165, 1.54) is 23.3 Å². The average Bonchev–Trinajstić information content (AvgIpc) is 3.02. The lowest BCUT2D eigenvalue weighted by molar-refractivity contribution is -0.123. The Kier molecular flexibility index (Phi) is 6.93. The fourth-order valence-corrected chi connectivity index (χ4v) is 4.40. The number of methoxy groups -OCH3 is 1. The van der Waals surface area contributed by atoms with E-state index in [4.69, 9.17) is 10.5 Å². The van der Waals surface area contributed by atoms with Crippen molar-refractivity contribution in [1.82, 2.24) is 5.32 Å². The summed E-state index contributed by atoms with van der Waals surface area (Å²) in [5.74, 6) is 0.0260. The fraction of sp³-hybridized carbons (Fsp3) is 0.611. The molecule has 128 valence electrons. The van der Waals surface area contributed by atoms with E-state index in [9.17, 15) is 4.79 Å². The van der Waals surface area contributed by atoms with Crippen molar-refractivity contribution >= 4 is 17.7 Å². The molecule has 1 saturated carbocycles. The maximum Gasteiger partial charge on any atom is 0.222 e. The molecule has 1 aliphatic rings. The van der Waals surface area contributed by atoms with Gasteiger partial charge in [0.2, 0.25) is 5.91 Å². The molecule has 1 fully saturated rings. The van der Waals surface area contributed by atoms with E-state index < -0.39 is 0 Å². The highest BCUT2D eigenvalue weighted by molar-refractivity contribution is 8.00. The number of nitrogens with one attached hydrogen (secondary N) is 1. The van der Waals surface area contributed by atoms with Crippen LogP contribution < -0.4 is 11.1 Å². The fourth-order valence-electron chi connectivity index (χ4n) is 2.99. The second-order valence-corrected chi connectivity index (χ2v) is 7.92. The van der Waals surface area contributed by atoms with Crippen molar-refractivity contribution in [2.24, 2.45) is 5.73 Å². The highest BCUT2D eigenvalue weighted by Gasteiger charge is 2.35. The molecule has 0 spiro atoms. The summed E-state index contributed by atoms with van der Waals surface area (Å²) in [6, 6.07) is 8.65. The number of aryl methyl sites for hydroxylation is 1. The molecular formula is C18H28N2O2S. The van der Waals surface area contributed by atoms with Gasteiger partial charge in [-0.25, -0.2) is 0 Å². The van der Waals surface area contributed by atoms with Crippen LogP contribution in [0.2, 0.25) is 0 Å². The van der Waals surface area contributed by atoms with Crippen LogP contribution in [0.4, 0.5) is 0 Å². The molecule has 0 heterocycles. The van der Waals surface area contributed by atoms with Crippen LogP contribution in [0.15, 0.2) is 29.2 Å². The zero-order valence-electron chi connectivity index (χ0n) is 14.1. The number of amides is 1. The summed E-state index contributed by atoms with van der Waals surface area (Å²) < 4.78 is 5.30. The number of rotatable bonds is 8. The van der Waals surface area contributed by atoms with Gasteiger partial charge in [-0.1, -0.05) is 30.5 Å². The Morgan fingerprint density at radius 3 is 2.57 bits per heavy atom. The zero-order chi connectivity index (χ0) is 16.7. The molecule has 5 heteroatoms. The number of ether oxygens (including phenoxy) is 1. The van der Waals surface area contributed by atoms with Crippen LogP contribution in [-0.2, 0) is 9.53 Å². The second-order valence-electron chi connectivity index (χ2n) is 6.38. The van der Waals surface area contributed by atoms with Gasteiger partial charge in [0.15, 0.2) is 0 Å². The Labute approximate surface area is 143 Å². The molecule has 0 aromatic heterocycles. The Balaban J connectivity index is 1.92. The van der Waals surface area contributed by atoms with Gasteiger partial charge in [-0.2, -0.15) is 0 Å². The van der Waals surface area contributed by atoms with E-state index in [2.05, 4.69) is 36.5 Å².